The summed E-state index contributed by atoms with van der Waals surface area (Å²) in [6.07, 6.45) is 1.71. The van der Waals surface area contributed by atoms with Gasteiger partial charge < -0.3 is 4.42 Å². The minimum Gasteiger partial charge on any atom is -0.464 e. The van der Waals surface area contributed by atoms with Crippen molar-refractivity contribution in [1.29, 1.82) is 0 Å². The number of hydrogen-bond acceptors (Lipinski definition) is 2. The van der Waals surface area contributed by atoms with Gasteiger partial charge in [0.05, 0.1) is 6.26 Å². The van der Waals surface area contributed by atoms with Crippen molar-refractivity contribution in [2.75, 3.05) is 5.75 Å². The molecule has 1 heterocycles. The Morgan fingerprint density at radius 3 is 3.25 bits per heavy atom. The van der Waals surface area contributed by atoms with Gasteiger partial charge in [0, 0.05) is 16.3 Å². The van der Waals surface area contributed by atoms with Crippen LogP contribution in [0.5, 0.6) is 0 Å². The molecule has 0 saturated carbocycles. The van der Waals surface area contributed by atoms with Crippen LogP contribution in [0.1, 0.15) is 6.92 Å². The van der Waals surface area contributed by atoms with Crippen LogP contribution < -0.4 is 0 Å². The third-order valence-electron chi connectivity index (χ3n) is 1.68. The van der Waals surface area contributed by atoms with E-state index < -0.39 is 0 Å². The average Bonchev–Trinajstić information content (AvgIpc) is 2.53. The summed E-state index contributed by atoms with van der Waals surface area (Å²) in [5, 5.41) is 1.17. The van der Waals surface area contributed by atoms with Crippen LogP contribution in [0.25, 0.3) is 11.0 Å². The highest BCUT2D eigenvalue weighted by molar-refractivity contribution is 7.99. The van der Waals surface area contributed by atoms with Crippen LogP contribution in [0.2, 0.25) is 0 Å². The van der Waals surface area contributed by atoms with Crippen LogP contribution >= 0.6 is 11.8 Å². The van der Waals surface area contributed by atoms with Gasteiger partial charge in [0.25, 0.3) is 0 Å². The quantitative estimate of drug-likeness (QED) is 0.652. The molecule has 0 atom stereocenters. The fourth-order valence-corrected chi connectivity index (χ4v) is 1.97. The monoisotopic (exact) mass is 177 g/mol. The minimum atomic E-state index is 0.855. The fraction of sp³-hybridized carbons (Fsp3) is 0.200. The van der Waals surface area contributed by atoms with Crippen LogP contribution in [0.15, 0.2) is 33.8 Å². The first-order valence-corrected chi connectivity index (χ1v) is 4.91. The molecule has 1 aromatic heterocycles. The SMILES string of the molecule is CCSc1cc[c]c2occc12. The van der Waals surface area contributed by atoms with Crippen LogP contribution in [-0.2, 0) is 0 Å². The van der Waals surface area contributed by atoms with Crippen LogP contribution in [0, 0.1) is 6.07 Å². The Labute approximate surface area is 75.8 Å². The lowest BCUT2D eigenvalue weighted by Gasteiger charge is -1.97. The van der Waals surface area contributed by atoms with Gasteiger partial charge in [-0.2, -0.15) is 0 Å². The molecular weight excluding hydrogens is 168 g/mol. The van der Waals surface area contributed by atoms with E-state index in [1.165, 1.54) is 10.3 Å². The molecule has 0 spiro atoms. The maximum Gasteiger partial charge on any atom is 0.142 e. The van der Waals surface area contributed by atoms with Gasteiger partial charge in [0.2, 0.25) is 0 Å². The van der Waals surface area contributed by atoms with Gasteiger partial charge in [-0.3, -0.25) is 0 Å². The molecule has 0 saturated heterocycles. The lowest BCUT2D eigenvalue weighted by Crippen LogP contribution is -1.73. The van der Waals surface area contributed by atoms with E-state index in [1.807, 2.05) is 23.9 Å². The van der Waals surface area contributed by atoms with E-state index in [-0.39, 0.29) is 0 Å². The average molecular weight is 177 g/mol. The molecule has 0 bridgehead atoms. The first-order chi connectivity index (χ1) is 5.92. The van der Waals surface area contributed by atoms with E-state index in [4.69, 9.17) is 4.42 Å². The lowest BCUT2D eigenvalue weighted by molar-refractivity contribution is 0.615. The molecule has 1 aromatic carbocycles. The van der Waals surface area contributed by atoms with E-state index in [1.54, 1.807) is 6.26 Å². The molecule has 12 heavy (non-hydrogen) atoms. The standard InChI is InChI=1S/C10H9OS/c1-2-12-10-5-3-4-9-8(10)6-7-11-9/h3,5-7H,2H2,1H3. The highest BCUT2D eigenvalue weighted by Gasteiger charge is 2.01. The molecule has 0 aliphatic rings. The van der Waals surface area contributed by atoms with Crippen LogP contribution in [0.3, 0.4) is 0 Å². The molecule has 0 aliphatic carbocycles. The second-order valence-electron chi connectivity index (χ2n) is 2.44. The predicted octanol–water partition coefficient (Wildman–Crippen LogP) is 3.34. The van der Waals surface area contributed by atoms with Crippen molar-refractivity contribution in [3.8, 4) is 0 Å². The largest absolute Gasteiger partial charge is 0.464 e. The molecule has 0 unspecified atom stereocenters. The van der Waals surface area contributed by atoms with Gasteiger partial charge in [-0.05, 0) is 24.0 Å². The Bertz CT molecular complexity index is 378. The number of rotatable bonds is 2. The zero-order valence-corrected chi connectivity index (χ0v) is 7.65. The smallest absolute Gasteiger partial charge is 0.142 e. The molecule has 0 fully saturated rings. The summed E-state index contributed by atoms with van der Waals surface area (Å²) in [6.45, 7) is 2.15. The molecule has 2 heteroatoms. The molecule has 2 rings (SSSR count). The Hall–Kier alpha value is -0.890. The zero-order chi connectivity index (χ0) is 8.39. The predicted molar refractivity (Wildman–Crippen MR) is 51.4 cm³/mol. The summed E-state index contributed by atoms with van der Waals surface area (Å²) in [5.74, 6) is 1.09. The van der Waals surface area contributed by atoms with Gasteiger partial charge in [0.1, 0.15) is 5.58 Å². The van der Waals surface area contributed by atoms with Gasteiger partial charge in [0.15, 0.2) is 0 Å². The highest BCUT2D eigenvalue weighted by Crippen LogP contribution is 2.27. The summed E-state index contributed by atoms with van der Waals surface area (Å²) in [4.78, 5) is 1.28. The number of fused-ring (bicyclic) bond motifs is 1. The first kappa shape index (κ1) is 7.74. The van der Waals surface area contributed by atoms with Crippen LogP contribution in [0.4, 0.5) is 0 Å². The van der Waals surface area contributed by atoms with E-state index in [0.717, 1.165) is 11.3 Å². The molecule has 1 radical (unpaired) electrons. The molecular formula is C10H9OS. The molecule has 0 aliphatic heterocycles. The maximum atomic E-state index is 5.24. The van der Waals surface area contributed by atoms with Gasteiger partial charge in [-0.15, -0.1) is 11.8 Å². The Morgan fingerprint density at radius 1 is 1.50 bits per heavy atom. The summed E-state index contributed by atoms with van der Waals surface area (Å²) >= 11 is 1.83. The van der Waals surface area contributed by atoms with E-state index in [9.17, 15) is 0 Å². The maximum absolute atomic E-state index is 5.24. The van der Waals surface area contributed by atoms with Crippen LogP contribution in [-0.4, -0.2) is 5.75 Å². The third-order valence-corrected chi connectivity index (χ3v) is 2.64. The molecule has 0 N–H and O–H groups in total. The second kappa shape index (κ2) is 3.23. The topological polar surface area (TPSA) is 13.1 Å². The summed E-state index contributed by atoms with van der Waals surface area (Å²) in [5.41, 5.74) is 0.855. The van der Waals surface area contributed by atoms with Crippen molar-refractivity contribution in [2.45, 2.75) is 11.8 Å². The van der Waals surface area contributed by atoms with Crippen molar-refractivity contribution < 1.29 is 4.42 Å². The summed E-state index contributed by atoms with van der Waals surface area (Å²) in [7, 11) is 0. The Balaban J connectivity index is 2.57. The second-order valence-corrected chi connectivity index (χ2v) is 3.74. The molecule has 1 nitrogen and oxygen atoms in total. The lowest BCUT2D eigenvalue weighted by atomic mass is 10.3. The van der Waals surface area contributed by atoms with E-state index in [2.05, 4.69) is 19.1 Å². The Morgan fingerprint density at radius 2 is 2.42 bits per heavy atom. The van der Waals surface area contributed by atoms with Crippen molar-refractivity contribution in [3.63, 3.8) is 0 Å². The van der Waals surface area contributed by atoms with Crippen molar-refractivity contribution in [3.05, 3.63) is 30.5 Å². The Kier molecular flexibility index (Phi) is 2.09. The molecule has 0 amide bonds. The van der Waals surface area contributed by atoms with Crippen molar-refractivity contribution in [1.82, 2.24) is 0 Å². The zero-order valence-electron chi connectivity index (χ0n) is 6.83. The van der Waals surface area contributed by atoms with E-state index >= 15 is 0 Å². The summed E-state index contributed by atoms with van der Waals surface area (Å²) in [6, 6.07) is 9.02. The first-order valence-electron chi connectivity index (χ1n) is 3.92. The fourth-order valence-electron chi connectivity index (χ4n) is 1.18. The molecule has 2 aromatic rings. The number of benzene rings is 1. The van der Waals surface area contributed by atoms with Crippen molar-refractivity contribution in [2.24, 2.45) is 0 Å². The normalized spacial score (nSPS) is 10.8. The minimum absolute atomic E-state index is 0.855. The van der Waals surface area contributed by atoms with Gasteiger partial charge >= 0.3 is 0 Å². The summed E-state index contributed by atoms with van der Waals surface area (Å²) < 4.78 is 5.24. The number of thioether (sulfide) groups is 1. The van der Waals surface area contributed by atoms with Crippen molar-refractivity contribution >= 4 is 22.7 Å². The van der Waals surface area contributed by atoms with Gasteiger partial charge in [-0.1, -0.05) is 6.92 Å². The number of hydrogen-bond donors (Lipinski definition) is 0. The third kappa shape index (κ3) is 1.23. The highest BCUT2D eigenvalue weighted by atomic mass is 32.2. The van der Waals surface area contributed by atoms with E-state index in [0.29, 0.717) is 0 Å². The van der Waals surface area contributed by atoms with Gasteiger partial charge in [-0.25, -0.2) is 0 Å². The number of furan rings is 1. The molecule has 61 valence electrons.